The van der Waals surface area contributed by atoms with Crippen LogP contribution in [0, 0.1) is 5.82 Å². The molecule has 0 heterocycles. The molecule has 1 aliphatic rings. The van der Waals surface area contributed by atoms with Crippen LogP contribution < -0.4 is 16.0 Å². The lowest BCUT2D eigenvalue weighted by Gasteiger charge is -2.10. The highest BCUT2D eigenvalue weighted by Crippen LogP contribution is 2.18. The van der Waals surface area contributed by atoms with E-state index in [1.165, 1.54) is 0 Å². The van der Waals surface area contributed by atoms with Crippen LogP contribution in [0.3, 0.4) is 0 Å². The number of anilines is 1. The molecule has 21 heavy (non-hydrogen) atoms. The third-order valence-corrected chi connectivity index (χ3v) is 2.81. The van der Waals surface area contributed by atoms with Gasteiger partial charge in [-0.25, -0.2) is 14.0 Å². The number of halogens is 1. The first-order valence-electron chi connectivity index (χ1n) is 6.33. The fourth-order valence-corrected chi connectivity index (χ4v) is 1.64. The summed E-state index contributed by atoms with van der Waals surface area (Å²) in [6, 6.07) is 2.43. The van der Waals surface area contributed by atoms with E-state index in [1.807, 2.05) is 0 Å². The molecule has 112 valence electrons. The second kappa shape index (κ2) is 6.21. The molecule has 2 rings (SSSR count). The molecule has 3 amide bonds. The standard InChI is InChI=1S/C13H14FN3O4/c14-7-1-4-10(9(5-7)12(19)20)17-13(21)15-6-11(18)16-8-2-3-8/h1,4-5,8H,2-3,6H2,(H,16,18)(H,19,20)(H2,15,17,21). The molecule has 1 aliphatic carbocycles. The normalized spacial score (nSPS) is 13.4. The smallest absolute Gasteiger partial charge is 0.337 e. The Morgan fingerprint density at radius 3 is 2.62 bits per heavy atom. The molecule has 1 fully saturated rings. The van der Waals surface area contributed by atoms with E-state index in [-0.39, 0.29) is 29.7 Å². The maximum absolute atomic E-state index is 13.0. The van der Waals surface area contributed by atoms with Crippen molar-refractivity contribution in [1.82, 2.24) is 10.6 Å². The van der Waals surface area contributed by atoms with E-state index < -0.39 is 17.8 Å². The number of rotatable bonds is 5. The molecule has 0 spiro atoms. The van der Waals surface area contributed by atoms with Crippen LogP contribution in [0.25, 0.3) is 0 Å². The molecule has 0 aliphatic heterocycles. The van der Waals surface area contributed by atoms with Gasteiger partial charge in [-0.2, -0.15) is 0 Å². The van der Waals surface area contributed by atoms with Crippen LogP contribution >= 0.6 is 0 Å². The number of carbonyl (C=O) groups excluding carboxylic acids is 2. The summed E-state index contributed by atoms with van der Waals surface area (Å²) < 4.78 is 13.0. The van der Waals surface area contributed by atoms with E-state index in [0.29, 0.717) is 0 Å². The van der Waals surface area contributed by atoms with Gasteiger partial charge in [0.2, 0.25) is 5.91 Å². The Morgan fingerprint density at radius 1 is 1.29 bits per heavy atom. The zero-order valence-corrected chi connectivity index (χ0v) is 11.0. The van der Waals surface area contributed by atoms with Gasteiger partial charge in [0.05, 0.1) is 17.8 Å². The summed E-state index contributed by atoms with van der Waals surface area (Å²) in [6.45, 7) is -0.216. The lowest BCUT2D eigenvalue weighted by molar-refractivity contribution is -0.120. The fourth-order valence-electron chi connectivity index (χ4n) is 1.64. The minimum atomic E-state index is -1.36. The molecule has 0 saturated heterocycles. The third-order valence-electron chi connectivity index (χ3n) is 2.81. The highest BCUT2D eigenvalue weighted by atomic mass is 19.1. The minimum Gasteiger partial charge on any atom is -0.478 e. The summed E-state index contributed by atoms with van der Waals surface area (Å²) in [6.07, 6.45) is 1.88. The molecule has 8 heteroatoms. The highest BCUT2D eigenvalue weighted by Gasteiger charge is 2.23. The van der Waals surface area contributed by atoms with Crippen LogP contribution in [-0.4, -0.2) is 35.6 Å². The molecule has 7 nitrogen and oxygen atoms in total. The molecule has 0 aromatic heterocycles. The summed E-state index contributed by atoms with van der Waals surface area (Å²) >= 11 is 0. The third kappa shape index (κ3) is 4.44. The molecular weight excluding hydrogens is 281 g/mol. The Bertz CT molecular complexity index is 587. The zero-order valence-electron chi connectivity index (χ0n) is 11.0. The van der Waals surface area contributed by atoms with Crippen molar-refractivity contribution in [3.05, 3.63) is 29.6 Å². The molecule has 0 radical (unpaired) electrons. The second-order valence-electron chi connectivity index (χ2n) is 4.64. The number of carboxylic acids is 1. The SMILES string of the molecule is O=C(CNC(=O)Nc1ccc(F)cc1C(=O)O)NC1CC1. The average molecular weight is 295 g/mol. The molecule has 1 aromatic rings. The van der Waals surface area contributed by atoms with Crippen LogP contribution in [0.15, 0.2) is 18.2 Å². The summed E-state index contributed by atoms with van der Waals surface area (Å²) in [4.78, 5) is 33.9. The van der Waals surface area contributed by atoms with E-state index in [1.54, 1.807) is 0 Å². The van der Waals surface area contributed by atoms with Gasteiger partial charge in [-0.1, -0.05) is 0 Å². The van der Waals surface area contributed by atoms with Crippen molar-refractivity contribution < 1.29 is 23.9 Å². The maximum atomic E-state index is 13.0. The van der Waals surface area contributed by atoms with Crippen molar-refractivity contribution >= 4 is 23.6 Å². The van der Waals surface area contributed by atoms with Crippen LogP contribution in [0.2, 0.25) is 0 Å². The average Bonchev–Trinajstić information content (AvgIpc) is 3.22. The molecule has 0 atom stereocenters. The van der Waals surface area contributed by atoms with E-state index in [9.17, 15) is 18.8 Å². The van der Waals surface area contributed by atoms with Crippen molar-refractivity contribution in [2.75, 3.05) is 11.9 Å². The van der Waals surface area contributed by atoms with Gasteiger partial charge in [0.15, 0.2) is 0 Å². The Morgan fingerprint density at radius 2 is 2.00 bits per heavy atom. The van der Waals surface area contributed by atoms with Gasteiger partial charge >= 0.3 is 12.0 Å². The quantitative estimate of drug-likeness (QED) is 0.648. The van der Waals surface area contributed by atoms with E-state index in [4.69, 9.17) is 5.11 Å². The van der Waals surface area contributed by atoms with Crippen molar-refractivity contribution in [3.8, 4) is 0 Å². The van der Waals surface area contributed by atoms with Gasteiger partial charge in [-0.05, 0) is 31.0 Å². The fraction of sp³-hybridized carbons (Fsp3) is 0.308. The highest BCUT2D eigenvalue weighted by molar-refractivity contribution is 6.00. The van der Waals surface area contributed by atoms with Crippen molar-refractivity contribution in [2.45, 2.75) is 18.9 Å². The van der Waals surface area contributed by atoms with E-state index in [0.717, 1.165) is 31.0 Å². The first-order valence-corrected chi connectivity index (χ1v) is 6.33. The number of aromatic carboxylic acids is 1. The first-order chi connectivity index (χ1) is 9.95. The lowest BCUT2D eigenvalue weighted by atomic mass is 10.2. The van der Waals surface area contributed by atoms with Gasteiger partial charge in [0, 0.05) is 6.04 Å². The Hall–Kier alpha value is -2.64. The Kier molecular flexibility index (Phi) is 4.36. The summed E-state index contributed by atoms with van der Waals surface area (Å²) in [5.74, 6) is -2.40. The number of benzene rings is 1. The second-order valence-corrected chi connectivity index (χ2v) is 4.64. The topological polar surface area (TPSA) is 108 Å². The summed E-state index contributed by atoms with van der Waals surface area (Å²) in [7, 11) is 0. The monoisotopic (exact) mass is 295 g/mol. The zero-order chi connectivity index (χ0) is 15.4. The number of hydrogen-bond acceptors (Lipinski definition) is 3. The lowest BCUT2D eigenvalue weighted by Crippen LogP contribution is -2.39. The largest absolute Gasteiger partial charge is 0.478 e. The van der Waals surface area contributed by atoms with Crippen LogP contribution in [0.4, 0.5) is 14.9 Å². The number of carbonyl (C=O) groups is 3. The van der Waals surface area contributed by atoms with Gasteiger partial charge in [-0.3, -0.25) is 4.79 Å². The molecule has 1 aromatic carbocycles. The van der Waals surface area contributed by atoms with Crippen molar-refractivity contribution in [3.63, 3.8) is 0 Å². The van der Waals surface area contributed by atoms with Crippen LogP contribution in [0.5, 0.6) is 0 Å². The number of hydrogen-bond donors (Lipinski definition) is 4. The molecule has 4 N–H and O–H groups in total. The van der Waals surface area contributed by atoms with Gasteiger partial charge in [0.1, 0.15) is 5.82 Å². The van der Waals surface area contributed by atoms with Crippen molar-refractivity contribution in [1.29, 1.82) is 0 Å². The van der Waals surface area contributed by atoms with E-state index in [2.05, 4.69) is 16.0 Å². The Balaban J connectivity index is 1.89. The molecule has 1 saturated carbocycles. The number of urea groups is 1. The van der Waals surface area contributed by atoms with Gasteiger partial charge in [-0.15, -0.1) is 0 Å². The van der Waals surface area contributed by atoms with Crippen molar-refractivity contribution in [2.24, 2.45) is 0 Å². The van der Waals surface area contributed by atoms with Crippen LogP contribution in [-0.2, 0) is 4.79 Å². The van der Waals surface area contributed by atoms with E-state index >= 15 is 0 Å². The Labute approximate surface area is 119 Å². The molecular formula is C13H14FN3O4. The predicted octanol–water partition coefficient (Wildman–Crippen LogP) is 0.924. The molecule has 0 unspecified atom stereocenters. The minimum absolute atomic E-state index is 0.0519. The van der Waals surface area contributed by atoms with Gasteiger partial charge in [0.25, 0.3) is 0 Å². The number of carboxylic acid groups (broad SMARTS) is 1. The number of nitrogens with one attached hydrogen (secondary N) is 3. The first kappa shape index (κ1) is 14.8. The van der Waals surface area contributed by atoms with Crippen LogP contribution in [0.1, 0.15) is 23.2 Å². The summed E-state index contributed by atoms with van der Waals surface area (Å²) in [5.41, 5.74) is -0.420. The predicted molar refractivity (Wildman–Crippen MR) is 71.5 cm³/mol. The molecule has 0 bridgehead atoms. The summed E-state index contributed by atoms with van der Waals surface area (Å²) in [5, 5.41) is 16.2. The number of amides is 3. The van der Waals surface area contributed by atoms with Gasteiger partial charge < -0.3 is 21.1 Å². The maximum Gasteiger partial charge on any atom is 0.337 e.